The number of carboxylic acids is 1. The number of hydrogen-bond acceptors (Lipinski definition) is 2. The molecular formula is C11H16F4N2O3. The van der Waals surface area contributed by atoms with Crippen LogP contribution in [0.15, 0.2) is 0 Å². The highest BCUT2D eigenvalue weighted by atomic mass is 19.3. The molecule has 0 aliphatic heterocycles. The van der Waals surface area contributed by atoms with E-state index in [-0.39, 0.29) is 6.42 Å². The smallest absolute Gasteiger partial charge is 0.324 e. The molecule has 1 rings (SSSR count). The van der Waals surface area contributed by atoms with E-state index in [1.54, 1.807) is 5.32 Å². The van der Waals surface area contributed by atoms with E-state index in [4.69, 9.17) is 5.11 Å². The molecule has 0 aromatic heterocycles. The molecule has 20 heavy (non-hydrogen) atoms. The lowest BCUT2D eigenvalue weighted by Crippen LogP contribution is -2.54. The fraction of sp³-hybridized carbons (Fsp3) is 0.818. The molecule has 1 saturated carbocycles. The molecule has 1 fully saturated rings. The van der Waals surface area contributed by atoms with E-state index >= 15 is 0 Å². The lowest BCUT2D eigenvalue weighted by Gasteiger charge is -2.29. The second-order valence-corrected chi connectivity index (χ2v) is 4.93. The van der Waals surface area contributed by atoms with Gasteiger partial charge in [-0.3, -0.25) is 4.79 Å². The summed E-state index contributed by atoms with van der Waals surface area (Å²) in [5, 5.41) is 12.8. The summed E-state index contributed by atoms with van der Waals surface area (Å²) < 4.78 is 49.1. The largest absolute Gasteiger partial charge is 0.481 e. The van der Waals surface area contributed by atoms with Crippen molar-refractivity contribution in [3.05, 3.63) is 0 Å². The number of rotatable bonds is 6. The van der Waals surface area contributed by atoms with Gasteiger partial charge in [0.25, 0.3) is 0 Å². The van der Waals surface area contributed by atoms with Crippen LogP contribution in [0.1, 0.15) is 32.1 Å². The van der Waals surface area contributed by atoms with Crippen molar-refractivity contribution in [2.45, 2.75) is 50.0 Å². The Hall–Kier alpha value is -1.54. The molecule has 5 nitrogen and oxygen atoms in total. The highest BCUT2D eigenvalue weighted by Gasteiger charge is 2.42. The van der Waals surface area contributed by atoms with Crippen molar-refractivity contribution >= 4 is 12.0 Å². The van der Waals surface area contributed by atoms with Crippen molar-refractivity contribution in [1.82, 2.24) is 10.6 Å². The Morgan fingerprint density at radius 2 is 1.80 bits per heavy atom. The highest BCUT2D eigenvalue weighted by molar-refractivity contribution is 5.76. The van der Waals surface area contributed by atoms with Crippen LogP contribution in [-0.4, -0.2) is 41.5 Å². The number of aliphatic carboxylic acids is 1. The summed E-state index contributed by atoms with van der Waals surface area (Å²) in [6.45, 7) is -1.50. The van der Waals surface area contributed by atoms with Gasteiger partial charge in [0.05, 0.1) is 18.5 Å². The summed E-state index contributed by atoms with van der Waals surface area (Å²) in [7, 11) is 0. The van der Waals surface area contributed by atoms with Gasteiger partial charge >= 0.3 is 24.3 Å². The van der Waals surface area contributed by atoms with Gasteiger partial charge in [-0.25, -0.2) is 13.6 Å². The zero-order valence-corrected chi connectivity index (χ0v) is 10.6. The maximum atomic E-state index is 12.6. The molecule has 9 heteroatoms. The van der Waals surface area contributed by atoms with Gasteiger partial charge in [-0.05, 0) is 12.8 Å². The summed E-state index contributed by atoms with van der Waals surface area (Å²) >= 11 is 0. The Morgan fingerprint density at radius 1 is 1.25 bits per heavy atom. The van der Waals surface area contributed by atoms with Gasteiger partial charge in [0.1, 0.15) is 0 Å². The standard InChI is InChI=1S/C11H16F4N2O3/c12-8(13)11(14,15)6-16-9(20)17-10(5-7(18)19)3-1-2-4-10/h8H,1-6H2,(H,18,19)(H2,16,17,20). The van der Waals surface area contributed by atoms with Gasteiger partial charge < -0.3 is 15.7 Å². The number of carboxylic acid groups (broad SMARTS) is 1. The zero-order chi connectivity index (χ0) is 15.4. The number of urea groups is 1. The van der Waals surface area contributed by atoms with Crippen LogP contribution in [0.3, 0.4) is 0 Å². The lowest BCUT2D eigenvalue weighted by molar-refractivity contribution is -0.138. The van der Waals surface area contributed by atoms with Gasteiger partial charge in [-0.15, -0.1) is 0 Å². The van der Waals surface area contributed by atoms with Crippen LogP contribution in [0.2, 0.25) is 0 Å². The average molecular weight is 300 g/mol. The van der Waals surface area contributed by atoms with Gasteiger partial charge in [0.2, 0.25) is 0 Å². The van der Waals surface area contributed by atoms with E-state index < -0.39 is 36.4 Å². The number of hydrogen-bond donors (Lipinski definition) is 3. The number of amides is 2. The molecule has 116 valence electrons. The van der Waals surface area contributed by atoms with E-state index in [2.05, 4.69) is 5.32 Å². The monoisotopic (exact) mass is 300 g/mol. The molecular weight excluding hydrogens is 284 g/mol. The third-order valence-electron chi connectivity index (χ3n) is 3.23. The molecule has 0 aromatic rings. The molecule has 0 aromatic carbocycles. The SMILES string of the molecule is O=C(O)CC1(NC(=O)NCC(F)(F)C(F)F)CCCC1. The predicted molar refractivity (Wildman–Crippen MR) is 60.9 cm³/mol. The minimum atomic E-state index is -4.31. The van der Waals surface area contributed by atoms with E-state index in [0.717, 1.165) is 0 Å². The first kappa shape index (κ1) is 16.5. The quantitative estimate of drug-likeness (QED) is 0.656. The van der Waals surface area contributed by atoms with Crippen molar-refractivity contribution in [2.75, 3.05) is 6.54 Å². The van der Waals surface area contributed by atoms with Crippen LogP contribution in [0.4, 0.5) is 22.4 Å². The fourth-order valence-corrected chi connectivity index (χ4v) is 2.25. The van der Waals surface area contributed by atoms with Gasteiger partial charge in [0, 0.05) is 0 Å². The Kier molecular flexibility index (Phi) is 5.18. The van der Waals surface area contributed by atoms with Gasteiger partial charge in [-0.2, -0.15) is 8.78 Å². The zero-order valence-electron chi connectivity index (χ0n) is 10.6. The molecule has 0 heterocycles. The molecule has 0 atom stereocenters. The van der Waals surface area contributed by atoms with Crippen molar-refractivity contribution in [3.8, 4) is 0 Å². The molecule has 0 bridgehead atoms. The van der Waals surface area contributed by atoms with Crippen molar-refractivity contribution in [2.24, 2.45) is 0 Å². The molecule has 0 unspecified atom stereocenters. The molecule has 1 aliphatic rings. The number of halogens is 4. The Bertz CT molecular complexity index is 371. The maximum Gasteiger partial charge on any atom is 0.324 e. The van der Waals surface area contributed by atoms with Crippen LogP contribution in [0, 0.1) is 0 Å². The molecule has 3 N–H and O–H groups in total. The minimum Gasteiger partial charge on any atom is -0.481 e. The van der Waals surface area contributed by atoms with Crippen molar-refractivity contribution < 1.29 is 32.3 Å². The van der Waals surface area contributed by atoms with Crippen LogP contribution in [0.25, 0.3) is 0 Å². The first-order chi connectivity index (χ1) is 9.17. The van der Waals surface area contributed by atoms with Crippen molar-refractivity contribution in [1.29, 1.82) is 0 Å². The van der Waals surface area contributed by atoms with Crippen LogP contribution in [-0.2, 0) is 4.79 Å². The second-order valence-electron chi connectivity index (χ2n) is 4.93. The normalized spacial score (nSPS) is 18.1. The van der Waals surface area contributed by atoms with E-state index in [1.807, 2.05) is 0 Å². The van der Waals surface area contributed by atoms with Gasteiger partial charge in [0.15, 0.2) is 0 Å². The Balaban J connectivity index is 2.53. The van der Waals surface area contributed by atoms with Gasteiger partial charge in [-0.1, -0.05) is 12.8 Å². The van der Waals surface area contributed by atoms with Crippen LogP contribution >= 0.6 is 0 Å². The summed E-state index contributed by atoms with van der Waals surface area (Å²) in [4.78, 5) is 22.2. The maximum absolute atomic E-state index is 12.6. The summed E-state index contributed by atoms with van der Waals surface area (Å²) in [6, 6.07) is -1.06. The van der Waals surface area contributed by atoms with E-state index in [1.165, 1.54) is 0 Å². The predicted octanol–water partition coefficient (Wildman–Crippen LogP) is 1.97. The van der Waals surface area contributed by atoms with Crippen LogP contribution in [0.5, 0.6) is 0 Å². The first-order valence-corrected chi connectivity index (χ1v) is 6.11. The third kappa shape index (κ3) is 4.53. The second kappa shape index (κ2) is 6.27. The Labute approximate surface area is 112 Å². The van der Waals surface area contributed by atoms with E-state index in [0.29, 0.717) is 25.7 Å². The summed E-state index contributed by atoms with van der Waals surface area (Å²) in [5.74, 6) is -5.43. The number of carbonyl (C=O) groups excluding carboxylic acids is 1. The van der Waals surface area contributed by atoms with E-state index in [9.17, 15) is 27.2 Å². The van der Waals surface area contributed by atoms with Crippen LogP contribution < -0.4 is 10.6 Å². The minimum absolute atomic E-state index is 0.328. The first-order valence-electron chi connectivity index (χ1n) is 6.11. The summed E-state index contributed by atoms with van der Waals surface area (Å²) in [6.07, 6.45) is -1.95. The number of nitrogens with one attached hydrogen (secondary N) is 2. The molecule has 0 saturated heterocycles. The van der Waals surface area contributed by atoms with Crippen molar-refractivity contribution in [3.63, 3.8) is 0 Å². The molecule has 1 aliphatic carbocycles. The summed E-state index contributed by atoms with van der Waals surface area (Å²) in [5.41, 5.74) is -0.990. The molecule has 0 radical (unpaired) electrons. The number of carbonyl (C=O) groups is 2. The third-order valence-corrected chi connectivity index (χ3v) is 3.23. The fourth-order valence-electron chi connectivity index (χ4n) is 2.25. The molecule has 2 amide bonds. The molecule has 0 spiro atoms. The number of alkyl halides is 4. The lowest BCUT2D eigenvalue weighted by atomic mass is 9.93. The Morgan fingerprint density at radius 3 is 2.25 bits per heavy atom. The highest BCUT2D eigenvalue weighted by Crippen LogP contribution is 2.32. The topological polar surface area (TPSA) is 78.4 Å². The average Bonchev–Trinajstić information content (AvgIpc) is 2.73.